The first kappa shape index (κ1) is 13.7. The summed E-state index contributed by atoms with van der Waals surface area (Å²) >= 11 is 5.75. The van der Waals surface area contributed by atoms with E-state index in [2.05, 4.69) is 14.7 Å². The van der Waals surface area contributed by atoms with Gasteiger partial charge in [0.15, 0.2) is 0 Å². The molecule has 0 spiro atoms. The number of fused-ring (bicyclic) bond motifs is 1. The number of aromatic nitrogens is 2. The van der Waals surface area contributed by atoms with E-state index in [0.29, 0.717) is 16.6 Å². The van der Waals surface area contributed by atoms with Crippen molar-refractivity contribution in [2.45, 2.75) is 4.90 Å². The molecule has 4 N–H and O–H groups in total. The Morgan fingerprint density at radius 3 is 2.81 bits per heavy atom. The summed E-state index contributed by atoms with van der Waals surface area (Å²) in [6.07, 6.45) is 1.41. The van der Waals surface area contributed by atoms with Crippen LogP contribution in [0.1, 0.15) is 0 Å². The lowest BCUT2D eigenvalue weighted by Crippen LogP contribution is -2.13. The van der Waals surface area contributed by atoms with Crippen LogP contribution in [-0.2, 0) is 10.0 Å². The van der Waals surface area contributed by atoms with Gasteiger partial charge in [0, 0.05) is 22.8 Å². The van der Waals surface area contributed by atoms with Crippen LogP contribution in [0.4, 0.5) is 11.5 Å². The minimum absolute atomic E-state index is 0.103. The maximum atomic E-state index is 12.4. The van der Waals surface area contributed by atoms with Gasteiger partial charge in [0.25, 0.3) is 10.0 Å². The number of H-pyrrole nitrogens is 1. The number of anilines is 2. The quantitative estimate of drug-likeness (QED) is 0.509. The lowest BCUT2D eigenvalue weighted by Gasteiger charge is -2.06. The zero-order valence-corrected chi connectivity index (χ0v) is 12.2. The highest BCUT2D eigenvalue weighted by atomic mass is 35.5. The van der Waals surface area contributed by atoms with Crippen LogP contribution in [0, 0.1) is 0 Å². The second-order valence-corrected chi connectivity index (χ2v) is 6.45. The van der Waals surface area contributed by atoms with Crippen LogP contribution in [0.15, 0.2) is 47.5 Å². The number of halogens is 1. The van der Waals surface area contributed by atoms with Gasteiger partial charge in [0.1, 0.15) is 15.9 Å². The van der Waals surface area contributed by atoms with Crippen molar-refractivity contribution in [2.24, 2.45) is 0 Å². The summed E-state index contributed by atoms with van der Waals surface area (Å²) in [5.41, 5.74) is 6.88. The van der Waals surface area contributed by atoms with Crippen molar-refractivity contribution in [3.8, 4) is 0 Å². The molecule has 6 nitrogen and oxygen atoms in total. The molecule has 0 aliphatic heterocycles. The number of nitrogens with two attached hydrogens (primary N) is 1. The Morgan fingerprint density at radius 1 is 1.24 bits per heavy atom. The van der Waals surface area contributed by atoms with Crippen LogP contribution >= 0.6 is 11.6 Å². The molecule has 0 bridgehead atoms. The second-order valence-electron chi connectivity index (χ2n) is 4.41. The van der Waals surface area contributed by atoms with Gasteiger partial charge in [-0.15, -0.1) is 0 Å². The van der Waals surface area contributed by atoms with E-state index < -0.39 is 10.0 Å². The average molecular weight is 323 g/mol. The third kappa shape index (κ3) is 2.65. The SMILES string of the molecule is Nc1ccc2[nH]cc(S(=O)(=O)Nc3cccc(Cl)n3)c2c1. The summed E-state index contributed by atoms with van der Waals surface area (Å²) in [7, 11) is -3.79. The molecule has 0 aliphatic carbocycles. The molecule has 108 valence electrons. The monoisotopic (exact) mass is 322 g/mol. The van der Waals surface area contributed by atoms with E-state index in [1.165, 1.54) is 12.3 Å². The largest absolute Gasteiger partial charge is 0.399 e. The van der Waals surface area contributed by atoms with Crippen LogP contribution in [0.25, 0.3) is 10.9 Å². The fraction of sp³-hybridized carbons (Fsp3) is 0. The van der Waals surface area contributed by atoms with Gasteiger partial charge in [-0.05, 0) is 30.3 Å². The smallest absolute Gasteiger partial charge is 0.265 e. The molecule has 0 fully saturated rings. The Bertz CT molecular complexity index is 921. The molecule has 0 atom stereocenters. The lowest BCUT2D eigenvalue weighted by atomic mass is 10.2. The molecule has 0 saturated carbocycles. The highest BCUT2D eigenvalue weighted by Crippen LogP contribution is 2.26. The maximum absolute atomic E-state index is 12.4. The van der Waals surface area contributed by atoms with Crippen molar-refractivity contribution in [1.82, 2.24) is 9.97 Å². The van der Waals surface area contributed by atoms with Crippen LogP contribution < -0.4 is 10.5 Å². The van der Waals surface area contributed by atoms with Crippen molar-refractivity contribution in [2.75, 3.05) is 10.5 Å². The van der Waals surface area contributed by atoms with Gasteiger partial charge in [0.2, 0.25) is 0 Å². The van der Waals surface area contributed by atoms with Crippen LogP contribution in [0.3, 0.4) is 0 Å². The molecule has 3 aromatic rings. The molecule has 2 aromatic heterocycles. The Balaban J connectivity index is 2.06. The van der Waals surface area contributed by atoms with Gasteiger partial charge in [-0.2, -0.15) is 0 Å². The van der Waals surface area contributed by atoms with Crippen molar-refractivity contribution in [1.29, 1.82) is 0 Å². The molecule has 0 saturated heterocycles. The van der Waals surface area contributed by atoms with E-state index >= 15 is 0 Å². The molecular formula is C13H11ClN4O2S. The Kier molecular flexibility index (Phi) is 3.23. The number of rotatable bonds is 3. The minimum atomic E-state index is -3.79. The number of benzene rings is 1. The highest BCUT2D eigenvalue weighted by molar-refractivity contribution is 7.93. The molecule has 1 aromatic carbocycles. The van der Waals surface area contributed by atoms with E-state index in [-0.39, 0.29) is 15.9 Å². The van der Waals surface area contributed by atoms with E-state index in [9.17, 15) is 8.42 Å². The molecule has 21 heavy (non-hydrogen) atoms. The second kappa shape index (κ2) is 4.94. The van der Waals surface area contributed by atoms with Crippen molar-refractivity contribution < 1.29 is 8.42 Å². The third-order valence-electron chi connectivity index (χ3n) is 2.91. The average Bonchev–Trinajstić information content (AvgIpc) is 2.81. The summed E-state index contributed by atoms with van der Waals surface area (Å²) < 4.78 is 27.3. The first-order chi connectivity index (χ1) is 9.95. The first-order valence-corrected chi connectivity index (χ1v) is 7.84. The summed E-state index contributed by atoms with van der Waals surface area (Å²) in [5, 5.41) is 0.725. The Labute approximate surface area is 126 Å². The number of hydrogen-bond donors (Lipinski definition) is 3. The minimum Gasteiger partial charge on any atom is -0.399 e. The van der Waals surface area contributed by atoms with E-state index in [0.717, 1.165) is 0 Å². The number of nitrogens with zero attached hydrogens (tertiary/aromatic N) is 1. The summed E-state index contributed by atoms with van der Waals surface area (Å²) in [4.78, 5) is 6.91. The fourth-order valence-corrected chi connectivity index (χ4v) is 3.33. The third-order valence-corrected chi connectivity index (χ3v) is 4.52. The number of nitrogens with one attached hydrogen (secondary N) is 2. The van der Waals surface area contributed by atoms with E-state index in [4.69, 9.17) is 17.3 Å². The van der Waals surface area contributed by atoms with Gasteiger partial charge < -0.3 is 10.7 Å². The Morgan fingerprint density at radius 2 is 2.05 bits per heavy atom. The standard InChI is InChI=1S/C13H11ClN4O2S/c14-12-2-1-3-13(17-12)18-21(19,20)11-7-16-10-5-4-8(15)6-9(10)11/h1-7,16H,15H2,(H,17,18). The molecule has 0 amide bonds. The molecule has 8 heteroatoms. The van der Waals surface area contributed by atoms with Gasteiger partial charge >= 0.3 is 0 Å². The Hall–Kier alpha value is -2.25. The highest BCUT2D eigenvalue weighted by Gasteiger charge is 2.19. The topological polar surface area (TPSA) is 101 Å². The molecule has 0 radical (unpaired) electrons. The van der Waals surface area contributed by atoms with Crippen LogP contribution in [0.5, 0.6) is 0 Å². The zero-order valence-electron chi connectivity index (χ0n) is 10.7. The van der Waals surface area contributed by atoms with Gasteiger partial charge in [-0.3, -0.25) is 4.72 Å². The molecule has 0 aliphatic rings. The number of nitrogen functional groups attached to an aromatic ring is 1. The maximum Gasteiger partial charge on any atom is 0.265 e. The summed E-state index contributed by atoms with van der Waals surface area (Å²) in [6, 6.07) is 9.72. The van der Waals surface area contributed by atoms with E-state index in [1.807, 2.05) is 0 Å². The molecular weight excluding hydrogens is 312 g/mol. The van der Waals surface area contributed by atoms with E-state index in [1.54, 1.807) is 30.3 Å². The number of hydrogen-bond acceptors (Lipinski definition) is 4. The van der Waals surface area contributed by atoms with Gasteiger partial charge in [-0.25, -0.2) is 13.4 Å². The van der Waals surface area contributed by atoms with Gasteiger partial charge in [-0.1, -0.05) is 17.7 Å². The number of aromatic amines is 1. The summed E-state index contributed by atoms with van der Waals surface area (Å²) in [6.45, 7) is 0. The van der Waals surface area contributed by atoms with Crippen molar-refractivity contribution in [3.63, 3.8) is 0 Å². The summed E-state index contributed by atoms with van der Waals surface area (Å²) in [5.74, 6) is 0.153. The predicted octanol–water partition coefficient (Wildman–Crippen LogP) is 2.60. The lowest BCUT2D eigenvalue weighted by molar-refractivity contribution is 0.602. The number of sulfonamides is 1. The van der Waals surface area contributed by atoms with Crippen molar-refractivity contribution >= 4 is 44.0 Å². The van der Waals surface area contributed by atoms with Crippen LogP contribution in [0.2, 0.25) is 5.15 Å². The van der Waals surface area contributed by atoms with Crippen LogP contribution in [-0.4, -0.2) is 18.4 Å². The zero-order chi connectivity index (χ0) is 15.0. The molecule has 3 rings (SSSR count). The van der Waals surface area contributed by atoms with Gasteiger partial charge in [0.05, 0.1) is 0 Å². The fourth-order valence-electron chi connectivity index (χ4n) is 1.99. The predicted molar refractivity (Wildman–Crippen MR) is 82.8 cm³/mol. The molecule has 0 unspecified atom stereocenters. The first-order valence-electron chi connectivity index (χ1n) is 5.98. The molecule has 2 heterocycles. The number of pyridine rings is 1. The van der Waals surface area contributed by atoms with Crippen molar-refractivity contribution in [3.05, 3.63) is 47.7 Å². The normalized spacial score (nSPS) is 11.7.